The van der Waals surface area contributed by atoms with E-state index in [0.29, 0.717) is 6.07 Å². The second-order valence-corrected chi connectivity index (χ2v) is 4.28. The molecule has 2 aromatic rings. The largest absolute Gasteiger partial charge is 0.393 e. The van der Waals surface area contributed by atoms with Gasteiger partial charge < -0.3 is 11.1 Å². The fraction of sp³-hybridized carbons (Fsp3) is 0. The van der Waals surface area contributed by atoms with E-state index in [1.165, 1.54) is 18.2 Å². The van der Waals surface area contributed by atoms with Gasteiger partial charge in [-0.1, -0.05) is 17.7 Å². The van der Waals surface area contributed by atoms with Crippen molar-refractivity contribution in [3.63, 3.8) is 0 Å². The van der Waals surface area contributed by atoms with E-state index in [0.717, 1.165) is 6.07 Å². The average Bonchev–Trinajstić information content (AvgIpc) is 2.33. The summed E-state index contributed by atoms with van der Waals surface area (Å²) in [5.74, 6) is -1.81. The van der Waals surface area contributed by atoms with E-state index in [1.807, 2.05) is 0 Å². The van der Waals surface area contributed by atoms with Crippen molar-refractivity contribution in [1.82, 2.24) is 0 Å². The van der Waals surface area contributed by atoms with Gasteiger partial charge in [0, 0.05) is 6.07 Å². The third kappa shape index (κ3) is 2.62. The van der Waals surface area contributed by atoms with Gasteiger partial charge in [-0.2, -0.15) is 0 Å². The number of anilines is 3. The Morgan fingerprint density at radius 1 is 1.30 bits per heavy atom. The van der Waals surface area contributed by atoms with Crippen LogP contribution in [0.1, 0.15) is 0 Å². The Morgan fingerprint density at radius 2 is 2.00 bits per heavy atom. The lowest BCUT2D eigenvalue weighted by Gasteiger charge is -2.11. The summed E-state index contributed by atoms with van der Waals surface area (Å²) in [7, 11) is 0. The molecular weight excluding hydrogens is 292 g/mol. The lowest BCUT2D eigenvalue weighted by Crippen LogP contribution is -2.02. The molecule has 0 fully saturated rings. The number of hydrogen-bond donors (Lipinski definition) is 2. The maximum absolute atomic E-state index is 13.6. The molecule has 0 bridgehead atoms. The molecule has 0 radical (unpaired) electrons. The SMILES string of the molecule is Nc1cccc(Nc2c(F)cc(F)cc2Cl)c1[N+](=O)[O-]. The van der Waals surface area contributed by atoms with E-state index in [4.69, 9.17) is 17.3 Å². The van der Waals surface area contributed by atoms with E-state index in [1.54, 1.807) is 0 Å². The molecule has 0 spiro atoms. The minimum absolute atomic E-state index is 0.0394. The molecule has 0 amide bonds. The van der Waals surface area contributed by atoms with Gasteiger partial charge in [-0.25, -0.2) is 8.78 Å². The summed E-state index contributed by atoms with van der Waals surface area (Å²) in [6.45, 7) is 0. The van der Waals surface area contributed by atoms with Crippen LogP contribution in [-0.4, -0.2) is 4.92 Å². The molecule has 0 aliphatic carbocycles. The number of halogens is 3. The molecule has 0 saturated carbocycles. The van der Waals surface area contributed by atoms with Gasteiger partial charge in [0.1, 0.15) is 17.2 Å². The van der Waals surface area contributed by atoms with Crippen LogP contribution in [0.2, 0.25) is 5.02 Å². The minimum atomic E-state index is -0.966. The third-order valence-corrected chi connectivity index (χ3v) is 2.81. The molecule has 104 valence electrons. The number of nitro benzene ring substituents is 1. The highest BCUT2D eigenvalue weighted by Crippen LogP contribution is 2.36. The standard InChI is InChI=1S/C12H8ClF2N3O2/c13-7-4-6(14)5-8(15)11(7)17-10-3-1-2-9(16)12(10)18(19)20/h1-5,17H,16H2. The number of rotatable bonds is 3. The zero-order valence-electron chi connectivity index (χ0n) is 9.86. The number of nitro groups is 1. The van der Waals surface area contributed by atoms with Gasteiger partial charge in [0.2, 0.25) is 0 Å². The number of nitrogens with zero attached hydrogens (tertiary/aromatic N) is 1. The fourth-order valence-electron chi connectivity index (χ4n) is 1.66. The topological polar surface area (TPSA) is 81.2 Å². The number of nitrogens with two attached hydrogens (primary N) is 1. The fourth-order valence-corrected chi connectivity index (χ4v) is 1.90. The van der Waals surface area contributed by atoms with Gasteiger partial charge in [-0.15, -0.1) is 0 Å². The molecule has 8 heteroatoms. The van der Waals surface area contributed by atoms with Crippen molar-refractivity contribution in [2.24, 2.45) is 0 Å². The summed E-state index contributed by atoms with van der Waals surface area (Å²) >= 11 is 5.71. The van der Waals surface area contributed by atoms with Crippen LogP contribution >= 0.6 is 11.6 Å². The number of benzene rings is 2. The molecule has 0 unspecified atom stereocenters. The molecule has 20 heavy (non-hydrogen) atoms. The molecule has 0 saturated heterocycles. The molecule has 3 N–H and O–H groups in total. The number of nitrogens with one attached hydrogen (secondary N) is 1. The predicted molar refractivity (Wildman–Crippen MR) is 72.2 cm³/mol. The number of nitrogen functional groups attached to an aromatic ring is 1. The van der Waals surface area contributed by atoms with Crippen LogP contribution in [0, 0.1) is 21.7 Å². The monoisotopic (exact) mass is 299 g/mol. The summed E-state index contributed by atoms with van der Waals surface area (Å²) < 4.78 is 26.6. The van der Waals surface area contributed by atoms with E-state index in [2.05, 4.69) is 5.32 Å². The van der Waals surface area contributed by atoms with E-state index < -0.39 is 22.2 Å². The molecule has 0 heterocycles. The second kappa shape index (κ2) is 5.30. The first-order chi connectivity index (χ1) is 9.40. The number of hydrogen-bond acceptors (Lipinski definition) is 4. The van der Waals surface area contributed by atoms with Gasteiger partial charge in [0.25, 0.3) is 0 Å². The summed E-state index contributed by atoms with van der Waals surface area (Å²) in [4.78, 5) is 10.3. The van der Waals surface area contributed by atoms with Crippen LogP contribution in [0.4, 0.5) is 31.5 Å². The second-order valence-electron chi connectivity index (χ2n) is 3.87. The van der Waals surface area contributed by atoms with Crippen LogP contribution in [-0.2, 0) is 0 Å². The van der Waals surface area contributed by atoms with Crippen molar-refractivity contribution in [1.29, 1.82) is 0 Å². The van der Waals surface area contributed by atoms with Crippen LogP contribution in [0.3, 0.4) is 0 Å². The lowest BCUT2D eigenvalue weighted by atomic mass is 10.2. The van der Waals surface area contributed by atoms with Crippen LogP contribution in [0.5, 0.6) is 0 Å². The summed E-state index contributed by atoms with van der Waals surface area (Å²) in [5, 5.41) is 13.2. The Morgan fingerprint density at radius 3 is 2.60 bits per heavy atom. The van der Waals surface area contributed by atoms with Crippen LogP contribution < -0.4 is 11.1 Å². The molecular formula is C12H8ClF2N3O2. The Labute approximate surface area is 117 Å². The molecule has 2 aromatic carbocycles. The molecule has 0 aromatic heterocycles. The Kier molecular flexibility index (Phi) is 3.71. The van der Waals surface area contributed by atoms with E-state index in [9.17, 15) is 18.9 Å². The first-order valence-electron chi connectivity index (χ1n) is 5.34. The molecule has 0 aliphatic rings. The van der Waals surface area contributed by atoms with Gasteiger partial charge in [-0.05, 0) is 18.2 Å². The van der Waals surface area contributed by atoms with Gasteiger partial charge in [0.15, 0.2) is 5.82 Å². The van der Waals surface area contributed by atoms with Crippen LogP contribution in [0.15, 0.2) is 30.3 Å². The molecule has 0 atom stereocenters. The Balaban J connectivity index is 2.51. The van der Waals surface area contributed by atoms with Gasteiger partial charge in [0.05, 0.1) is 15.6 Å². The van der Waals surface area contributed by atoms with Crippen molar-refractivity contribution in [3.05, 3.63) is 57.1 Å². The highest BCUT2D eigenvalue weighted by Gasteiger charge is 2.20. The zero-order chi connectivity index (χ0) is 14.9. The first kappa shape index (κ1) is 14.0. The normalized spacial score (nSPS) is 10.3. The van der Waals surface area contributed by atoms with Crippen LogP contribution in [0.25, 0.3) is 0 Å². The number of para-hydroxylation sites is 1. The maximum Gasteiger partial charge on any atom is 0.315 e. The molecule has 0 aliphatic heterocycles. The minimum Gasteiger partial charge on any atom is -0.393 e. The van der Waals surface area contributed by atoms with Crippen molar-refractivity contribution in [2.45, 2.75) is 0 Å². The molecule has 2 rings (SSSR count). The highest BCUT2D eigenvalue weighted by atomic mass is 35.5. The quantitative estimate of drug-likeness (QED) is 0.512. The third-order valence-electron chi connectivity index (χ3n) is 2.52. The van der Waals surface area contributed by atoms with E-state index in [-0.39, 0.29) is 22.1 Å². The zero-order valence-corrected chi connectivity index (χ0v) is 10.6. The Hall–Kier alpha value is -2.41. The predicted octanol–water partition coefficient (Wildman–Crippen LogP) is 3.85. The summed E-state index contributed by atoms with van der Waals surface area (Å²) in [6, 6.07) is 5.65. The van der Waals surface area contributed by atoms with Gasteiger partial charge >= 0.3 is 5.69 Å². The van der Waals surface area contributed by atoms with Crippen molar-refractivity contribution >= 4 is 34.4 Å². The average molecular weight is 300 g/mol. The maximum atomic E-state index is 13.6. The highest BCUT2D eigenvalue weighted by molar-refractivity contribution is 6.33. The Bertz CT molecular complexity index is 671. The smallest absolute Gasteiger partial charge is 0.315 e. The summed E-state index contributed by atoms with van der Waals surface area (Å²) in [5.41, 5.74) is 4.71. The summed E-state index contributed by atoms with van der Waals surface area (Å²) in [6.07, 6.45) is 0. The van der Waals surface area contributed by atoms with Crippen molar-refractivity contribution in [2.75, 3.05) is 11.1 Å². The lowest BCUT2D eigenvalue weighted by molar-refractivity contribution is -0.383. The van der Waals surface area contributed by atoms with E-state index >= 15 is 0 Å². The molecule has 5 nitrogen and oxygen atoms in total. The van der Waals surface area contributed by atoms with Crippen molar-refractivity contribution in [3.8, 4) is 0 Å². The van der Waals surface area contributed by atoms with Gasteiger partial charge in [-0.3, -0.25) is 10.1 Å². The van der Waals surface area contributed by atoms with Crippen molar-refractivity contribution < 1.29 is 13.7 Å². The first-order valence-corrected chi connectivity index (χ1v) is 5.72.